The standard InChI is InChI=1S/C9H5ClN4O3S/c10-7-5(2-1-3-6(7)14(16)17)8(15)12-9-13-11-4-18-9/h1-4H,(H,12,13,15). The zero-order chi connectivity index (χ0) is 13.1. The van der Waals surface area contributed by atoms with Gasteiger partial charge in [0.2, 0.25) is 5.13 Å². The maximum Gasteiger partial charge on any atom is 0.288 e. The highest BCUT2D eigenvalue weighted by Gasteiger charge is 2.20. The molecule has 18 heavy (non-hydrogen) atoms. The highest BCUT2D eigenvalue weighted by molar-refractivity contribution is 7.13. The summed E-state index contributed by atoms with van der Waals surface area (Å²) in [5.41, 5.74) is 1.15. The normalized spacial score (nSPS) is 10.1. The molecule has 1 heterocycles. The fourth-order valence-corrected chi connectivity index (χ4v) is 1.95. The molecule has 0 aliphatic rings. The van der Waals surface area contributed by atoms with Crippen LogP contribution in [0.4, 0.5) is 10.8 Å². The van der Waals surface area contributed by atoms with Crippen molar-refractivity contribution in [2.45, 2.75) is 0 Å². The van der Waals surface area contributed by atoms with E-state index < -0.39 is 10.8 Å². The van der Waals surface area contributed by atoms with Crippen LogP contribution < -0.4 is 5.32 Å². The van der Waals surface area contributed by atoms with Crippen LogP contribution in [0, 0.1) is 10.1 Å². The number of nitrogens with zero attached hydrogens (tertiary/aromatic N) is 3. The SMILES string of the molecule is O=C(Nc1nncs1)c1cccc([N+](=O)[O-])c1Cl. The van der Waals surface area contributed by atoms with Crippen LogP contribution in [0.15, 0.2) is 23.7 Å². The van der Waals surface area contributed by atoms with E-state index in [9.17, 15) is 14.9 Å². The molecule has 0 spiro atoms. The van der Waals surface area contributed by atoms with Gasteiger partial charge < -0.3 is 0 Å². The summed E-state index contributed by atoms with van der Waals surface area (Å²) < 4.78 is 0. The number of carbonyl (C=O) groups excluding carboxylic acids is 1. The van der Waals surface area contributed by atoms with Gasteiger partial charge in [-0.1, -0.05) is 29.0 Å². The fourth-order valence-electron chi connectivity index (χ4n) is 1.23. The number of halogens is 1. The molecule has 92 valence electrons. The van der Waals surface area contributed by atoms with Crippen LogP contribution >= 0.6 is 22.9 Å². The van der Waals surface area contributed by atoms with Gasteiger partial charge >= 0.3 is 0 Å². The Morgan fingerprint density at radius 1 is 1.50 bits per heavy atom. The Balaban J connectivity index is 2.31. The first-order valence-electron chi connectivity index (χ1n) is 4.60. The van der Waals surface area contributed by atoms with Crippen LogP contribution in [0.2, 0.25) is 5.02 Å². The summed E-state index contributed by atoms with van der Waals surface area (Å²) >= 11 is 6.93. The lowest BCUT2D eigenvalue weighted by Crippen LogP contribution is -2.12. The Bertz CT molecular complexity index is 602. The second-order valence-corrected chi connectivity index (χ2v) is 4.30. The number of nitro benzene ring substituents is 1. The minimum Gasteiger partial charge on any atom is -0.296 e. The maximum absolute atomic E-state index is 11.8. The number of nitro groups is 1. The van der Waals surface area contributed by atoms with Crippen LogP contribution in [0.5, 0.6) is 0 Å². The van der Waals surface area contributed by atoms with E-state index in [4.69, 9.17) is 11.6 Å². The van der Waals surface area contributed by atoms with Gasteiger partial charge in [0.25, 0.3) is 11.6 Å². The van der Waals surface area contributed by atoms with Crippen LogP contribution in [0.1, 0.15) is 10.4 Å². The maximum atomic E-state index is 11.8. The Morgan fingerprint density at radius 3 is 2.89 bits per heavy atom. The summed E-state index contributed by atoms with van der Waals surface area (Å²) in [6.07, 6.45) is 0. The van der Waals surface area contributed by atoms with Gasteiger partial charge in [0.1, 0.15) is 10.5 Å². The number of hydrogen-bond acceptors (Lipinski definition) is 6. The molecule has 1 N–H and O–H groups in total. The van der Waals surface area contributed by atoms with E-state index in [2.05, 4.69) is 15.5 Å². The summed E-state index contributed by atoms with van der Waals surface area (Å²) in [7, 11) is 0. The highest BCUT2D eigenvalue weighted by atomic mass is 35.5. The second kappa shape index (κ2) is 5.07. The highest BCUT2D eigenvalue weighted by Crippen LogP contribution is 2.28. The third kappa shape index (κ3) is 2.44. The lowest BCUT2D eigenvalue weighted by atomic mass is 10.2. The van der Waals surface area contributed by atoms with E-state index in [0.717, 1.165) is 11.3 Å². The van der Waals surface area contributed by atoms with Crippen LogP contribution in [-0.4, -0.2) is 21.0 Å². The molecule has 0 saturated heterocycles. The van der Waals surface area contributed by atoms with Gasteiger partial charge in [0.05, 0.1) is 10.5 Å². The number of hydrogen-bond donors (Lipinski definition) is 1. The molecule has 7 nitrogen and oxygen atoms in total. The molecule has 0 radical (unpaired) electrons. The van der Waals surface area contributed by atoms with Crippen LogP contribution in [0.3, 0.4) is 0 Å². The monoisotopic (exact) mass is 284 g/mol. The number of rotatable bonds is 3. The molecule has 1 aromatic carbocycles. The van der Waals surface area contributed by atoms with Crippen molar-refractivity contribution in [1.82, 2.24) is 10.2 Å². The van der Waals surface area contributed by atoms with Crippen LogP contribution in [-0.2, 0) is 0 Å². The van der Waals surface area contributed by atoms with Gasteiger partial charge in [-0.2, -0.15) is 0 Å². The van der Waals surface area contributed by atoms with Crippen molar-refractivity contribution in [3.63, 3.8) is 0 Å². The minimum absolute atomic E-state index is 0.0149. The first-order valence-corrected chi connectivity index (χ1v) is 5.86. The van der Waals surface area contributed by atoms with E-state index in [1.54, 1.807) is 0 Å². The molecule has 0 unspecified atom stereocenters. The van der Waals surface area contributed by atoms with Crippen molar-refractivity contribution in [2.24, 2.45) is 0 Å². The Hall–Kier alpha value is -2.06. The van der Waals surface area contributed by atoms with Crippen molar-refractivity contribution in [3.05, 3.63) is 44.4 Å². The molecule has 0 atom stereocenters. The molecule has 0 fully saturated rings. The number of anilines is 1. The lowest BCUT2D eigenvalue weighted by Gasteiger charge is -2.03. The van der Waals surface area contributed by atoms with Crippen molar-refractivity contribution in [1.29, 1.82) is 0 Å². The Labute approximate surface area is 110 Å². The first-order chi connectivity index (χ1) is 8.59. The number of carbonyl (C=O) groups is 1. The van der Waals surface area contributed by atoms with E-state index >= 15 is 0 Å². The van der Waals surface area contributed by atoms with Gasteiger partial charge in [-0.3, -0.25) is 20.2 Å². The summed E-state index contributed by atoms with van der Waals surface area (Å²) in [6.45, 7) is 0. The van der Waals surface area contributed by atoms with E-state index in [0.29, 0.717) is 5.13 Å². The van der Waals surface area contributed by atoms with Gasteiger partial charge in [0.15, 0.2) is 0 Å². The molecule has 2 rings (SSSR count). The third-order valence-corrected chi connectivity index (χ3v) is 3.00. The van der Waals surface area contributed by atoms with Gasteiger partial charge in [-0.05, 0) is 6.07 Å². The van der Waals surface area contributed by atoms with Crippen molar-refractivity contribution < 1.29 is 9.72 Å². The minimum atomic E-state index is -0.649. The van der Waals surface area contributed by atoms with Crippen molar-refractivity contribution >= 4 is 39.7 Å². The molecular weight excluding hydrogens is 280 g/mol. The van der Waals surface area contributed by atoms with Gasteiger partial charge in [0, 0.05) is 6.07 Å². The van der Waals surface area contributed by atoms with Gasteiger partial charge in [-0.25, -0.2) is 0 Å². The molecule has 1 aromatic heterocycles. The summed E-state index contributed by atoms with van der Waals surface area (Å²) in [6, 6.07) is 4.01. The number of benzene rings is 1. The molecular formula is C9H5ClN4O3S. The molecule has 2 aromatic rings. The zero-order valence-electron chi connectivity index (χ0n) is 8.66. The third-order valence-electron chi connectivity index (χ3n) is 2.00. The largest absolute Gasteiger partial charge is 0.296 e. The molecule has 0 bridgehead atoms. The van der Waals surface area contributed by atoms with E-state index in [1.807, 2.05) is 0 Å². The molecule has 1 amide bonds. The lowest BCUT2D eigenvalue weighted by molar-refractivity contribution is -0.384. The summed E-state index contributed by atoms with van der Waals surface area (Å²) in [4.78, 5) is 21.9. The number of amides is 1. The van der Waals surface area contributed by atoms with Crippen LogP contribution in [0.25, 0.3) is 0 Å². The Morgan fingerprint density at radius 2 is 2.28 bits per heavy atom. The zero-order valence-corrected chi connectivity index (χ0v) is 10.2. The van der Waals surface area contributed by atoms with E-state index in [1.165, 1.54) is 23.7 Å². The van der Waals surface area contributed by atoms with Crippen molar-refractivity contribution in [3.8, 4) is 0 Å². The number of nitrogens with one attached hydrogen (secondary N) is 1. The average Bonchev–Trinajstić information content (AvgIpc) is 2.81. The summed E-state index contributed by atoms with van der Waals surface area (Å²) in [5.74, 6) is -0.569. The summed E-state index contributed by atoms with van der Waals surface area (Å²) in [5, 5.41) is 20.4. The first kappa shape index (κ1) is 12.4. The average molecular weight is 285 g/mol. The molecule has 0 aliphatic carbocycles. The molecule has 0 saturated carbocycles. The second-order valence-electron chi connectivity index (χ2n) is 3.09. The smallest absolute Gasteiger partial charge is 0.288 e. The predicted molar refractivity (Wildman–Crippen MR) is 66.0 cm³/mol. The van der Waals surface area contributed by atoms with Crippen molar-refractivity contribution in [2.75, 3.05) is 5.32 Å². The fraction of sp³-hybridized carbons (Fsp3) is 0. The molecule has 0 aliphatic heterocycles. The molecule has 9 heteroatoms. The quantitative estimate of drug-likeness (QED) is 0.689. The van der Waals surface area contributed by atoms with Gasteiger partial charge in [-0.15, -0.1) is 10.2 Å². The number of aromatic nitrogens is 2. The topological polar surface area (TPSA) is 98.0 Å². The Kier molecular flexibility index (Phi) is 3.49. The van der Waals surface area contributed by atoms with E-state index in [-0.39, 0.29) is 16.3 Å². The predicted octanol–water partition coefficient (Wildman–Crippen LogP) is 2.35.